The molecule has 1 atom stereocenters. The lowest BCUT2D eigenvalue weighted by Gasteiger charge is -2.33. The van der Waals surface area contributed by atoms with Gasteiger partial charge in [0.15, 0.2) is 10.8 Å². The molecule has 0 aromatic carbocycles. The lowest BCUT2D eigenvalue weighted by Crippen LogP contribution is -2.40. The van der Waals surface area contributed by atoms with Crippen LogP contribution in [0.3, 0.4) is 0 Å². The first kappa shape index (κ1) is 13.9. The fourth-order valence-corrected chi connectivity index (χ4v) is 3.50. The van der Waals surface area contributed by atoms with Gasteiger partial charge >= 0.3 is 0 Å². The number of aliphatic hydroxyl groups is 1. The summed E-state index contributed by atoms with van der Waals surface area (Å²) in [4.78, 5) is 7.88. The highest BCUT2D eigenvalue weighted by Gasteiger charge is 2.25. The molecule has 110 valence electrons. The summed E-state index contributed by atoms with van der Waals surface area (Å²) in [7, 11) is 0. The molecular formula is C14H21N3O2S. The first-order valence-electron chi connectivity index (χ1n) is 7.25. The number of nitrogens with zero attached hydrogens (tertiary/aromatic N) is 3. The second-order valence-electron chi connectivity index (χ2n) is 5.18. The Kier molecular flexibility index (Phi) is 4.24. The SMILES string of the molecule is CCCOC1CCCN(c2nc3sccn3c2CO)C1. The van der Waals surface area contributed by atoms with Crippen molar-refractivity contribution in [3.63, 3.8) is 0 Å². The van der Waals surface area contributed by atoms with Crippen molar-refractivity contribution in [2.45, 2.75) is 38.9 Å². The Morgan fingerprint density at radius 1 is 1.55 bits per heavy atom. The highest BCUT2D eigenvalue weighted by Crippen LogP contribution is 2.27. The van der Waals surface area contributed by atoms with Gasteiger partial charge in [-0.15, -0.1) is 11.3 Å². The molecule has 3 heterocycles. The number of ether oxygens (including phenoxy) is 1. The lowest BCUT2D eigenvalue weighted by molar-refractivity contribution is 0.0438. The maximum absolute atomic E-state index is 9.65. The number of piperidine rings is 1. The summed E-state index contributed by atoms with van der Waals surface area (Å²) in [6.07, 6.45) is 5.54. The monoisotopic (exact) mass is 295 g/mol. The van der Waals surface area contributed by atoms with Gasteiger partial charge in [0.2, 0.25) is 0 Å². The van der Waals surface area contributed by atoms with Crippen molar-refractivity contribution < 1.29 is 9.84 Å². The summed E-state index contributed by atoms with van der Waals surface area (Å²) in [5.41, 5.74) is 0.886. The average Bonchev–Trinajstić information content (AvgIpc) is 3.05. The van der Waals surface area contributed by atoms with Crippen LogP contribution in [0.1, 0.15) is 31.9 Å². The van der Waals surface area contributed by atoms with Gasteiger partial charge in [0.05, 0.1) is 18.4 Å². The maximum atomic E-state index is 9.65. The molecule has 1 unspecified atom stereocenters. The van der Waals surface area contributed by atoms with E-state index in [1.807, 2.05) is 16.0 Å². The molecule has 1 aliphatic heterocycles. The Hall–Kier alpha value is -1.11. The van der Waals surface area contributed by atoms with Gasteiger partial charge in [-0.3, -0.25) is 4.40 Å². The van der Waals surface area contributed by atoms with Crippen molar-refractivity contribution >= 4 is 22.1 Å². The topological polar surface area (TPSA) is 50.0 Å². The van der Waals surface area contributed by atoms with Crippen molar-refractivity contribution in [3.8, 4) is 0 Å². The molecule has 0 saturated carbocycles. The van der Waals surface area contributed by atoms with Gasteiger partial charge in [0, 0.05) is 31.3 Å². The normalized spacial score (nSPS) is 19.9. The zero-order valence-electron chi connectivity index (χ0n) is 11.8. The van der Waals surface area contributed by atoms with Gasteiger partial charge in [-0.25, -0.2) is 4.98 Å². The third-order valence-corrected chi connectivity index (χ3v) is 4.48. The van der Waals surface area contributed by atoms with Crippen molar-refractivity contribution in [3.05, 3.63) is 17.3 Å². The molecule has 1 fully saturated rings. The molecule has 1 saturated heterocycles. The first-order chi connectivity index (χ1) is 9.83. The third-order valence-electron chi connectivity index (χ3n) is 3.73. The third kappa shape index (κ3) is 2.55. The minimum Gasteiger partial charge on any atom is -0.390 e. The molecule has 6 heteroatoms. The molecule has 1 N–H and O–H groups in total. The van der Waals surface area contributed by atoms with E-state index in [4.69, 9.17) is 4.74 Å². The van der Waals surface area contributed by atoms with Crippen LogP contribution in [0.25, 0.3) is 4.96 Å². The second kappa shape index (κ2) is 6.11. The number of aromatic nitrogens is 2. The highest BCUT2D eigenvalue weighted by atomic mass is 32.1. The van der Waals surface area contributed by atoms with Crippen LogP contribution in [0.15, 0.2) is 11.6 Å². The van der Waals surface area contributed by atoms with E-state index in [1.54, 1.807) is 11.3 Å². The molecule has 0 amide bonds. The summed E-state index contributed by atoms with van der Waals surface area (Å²) < 4.78 is 7.86. The number of aliphatic hydroxyl groups excluding tert-OH is 1. The second-order valence-corrected chi connectivity index (χ2v) is 6.05. The smallest absolute Gasteiger partial charge is 0.195 e. The highest BCUT2D eigenvalue weighted by molar-refractivity contribution is 7.15. The van der Waals surface area contributed by atoms with Gasteiger partial charge in [-0.05, 0) is 19.3 Å². The number of thiazole rings is 1. The Morgan fingerprint density at radius 2 is 2.45 bits per heavy atom. The molecule has 0 radical (unpaired) electrons. The molecule has 0 aliphatic carbocycles. The van der Waals surface area contributed by atoms with Gasteiger partial charge in [-0.2, -0.15) is 0 Å². The predicted octanol–water partition coefficient (Wildman–Crippen LogP) is 2.28. The summed E-state index contributed by atoms with van der Waals surface area (Å²) >= 11 is 1.60. The summed E-state index contributed by atoms with van der Waals surface area (Å²) in [5.74, 6) is 0.921. The Bertz CT molecular complexity index is 566. The average molecular weight is 295 g/mol. The molecule has 2 aromatic rings. The standard InChI is InChI=1S/C14H21N3O2S/c1-2-7-19-11-4-3-5-16(9-11)13-12(10-18)17-6-8-20-14(17)15-13/h6,8,11,18H,2-5,7,9-10H2,1H3. The molecule has 3 rings (SSSR count). The lowest BCUT2D eigenvalue weighted by atomic mass is 10.1. The van der Waals surface area contributed by atoms with Gasteiger partial charge < -0.3 is 14.7 Å². The van der Waals surface area contributed by atoms with Gasteiger partial charge in [0.25, 0.3) is 0 Å². The van der Waals surface area contributed by atoms with E-state index in [9.17, 15) is 5.11 Å². The minimum atomic E-state index is 0.0181. The molecule has 0 bridgehead atoms. The van der Waals surface area contributed by atoms with Crippen LogP contribution in [0.4, 0.5) is 5.82 Å². The van der Waals surface area contributed by atoms with E-state index in [2.05, 4.69) is 16.8 Å². The number of fused-ring (bicyclic) bond motifs is 1. The van der Waals surface area contributed by atoms with Gasteiger partial charge in [-0.1, -0.05) is 6.92 Å². The van der Waals surface area contributed by atoms with Crippen LogP contribution < -0.4 is 4.90 Å². The van der Waals surface area contributed by atoms with E-state index < -0.39 is 0 Å². The fourth-order valence-electron chi connectivity index (χ4n) is 2.77. The molecule has 1 aliphatic rings. The largest absolute Gasteiger partial charge is 0.390 e. The number of hydrogen-bond donors (Lipinski definition) is 1. The van der Waals surface area contributed by atoms with Crippen LogP contribution in [0.2, 0.25) is 0 Å². The Morgan fingerprint density at radius 3 is 3.25 bits per heavy atom. The number of anilines is 1. The Balaban J connectivity index is 1.80. The van der Waals surface area contributed by atoms with E-state index in [0.717, 1.165) is 55.4 Å². The summed E-state index contributed by atoms with van der Waals surface area (Å²) in [6, 6.07) is 0. The molecule has 2 aromatic heterocycles. The first-order valence-corrected chi connectivity index (χ1v) is 8.13. The number of rotatable bonds is 5. The van der Waals surface area contributed by atoms with Crippen LogP contribution in [-0.2, 0) is 11.3 Å². The number of imidazole rings is 1. The van der Waals surface area contributed by atoms with Crippen molar-refractivity contribution in [1.29, 1.82) is 0 Å². The zero-order valence-corrected chi connectivity index (χ0v) is 12.6. The van der Waals surface area contributed by atoms with Gasteiger partial charge in [0.1, 0.15) is 0 Å². The van der Waals surface area contributed by atoms with E-state index >= 15 is 0 Å². The predicted molar refractivity (Wildman–Crippen MR) is 80.5 cm³/mol. The van der Waals surface area contributed by atoms with E-state index in [-0.39, 0.29) is 12.7 Å². The van der Waals surface area contributed by atoms with Crippen LogP contribution in [0.5, 0.6) is 0 Å². The number of hydrogen-bond acceptors (Lipinski definition) is 5. The van der Waals surface area contributed by atoms with Crippen molar-refractivity contribution in [2.75, 3.05) is 24.6 Å². The quantitative estimate of drug-likeness (QED) is 0.919. The van der Waals surface area contributed by atoms with Crippen molar-refractivity contribution in [2.24, 2.45) is 0 Å². The van der Waals surface area contributed by atoms with Crippen LogP contribution in [0, 0.1) is 0 Å². The summed E-state index contributed by atoms with van der Waals surface area (Å²) in [5, 5.41) is 11.6. The van der Waals surface area contributed by atoms with Crippen molar-refractivity contribution in [1.82, 2.24) is 9.38 Å². The zero-order chi connectivity index (χ0) is 13.9. The molecular weight excluding hydrogens is 274 g/mol. The Labute approximate surface area is 122 Å². The summed E-state index contributed by atoms with van der Waals surface area (Å²) in [6.45, 7) is 4.84. The molecule has 0 spiro atoms. The maximum Gasteiger partial charge on any atom is 0.195 e. The molecule has 20 heavy (non-hydrogen) atoms. The minimum absolute atomic E-state index is 0.0181. The fraction of sp³-hybridized carbons (Fsp3) is 0.643. The van der Waals surface area contributed by atoms with Crippen LogP contribution >= 0.6 is 11.3 Å². The van der Waals surface area contributed by atoms with E-state index in [1.165, 1.54) is 0 Å². The van der Waals surface area contributed by atoms with Crippen LogP contribution in [-0.4, -0.2) is 40.3 Å². The molecule has 5 nitrogen and oxygen atoms in total. The van der Waals surface area contributed by atoms with E-state index in [0.29, 0.717) is 0 Å².